The lowest BCUT2D eigenvalue weighted by atomic mass is 10.4. The van der Waals surface area contributed by atoms with Crippen LogP contribution in [0.5, 0.6) is 0 Å². The van der Waals surface area contributed by atoms with E-state index in [4.69, 9.17) is 5.73 Å². The highest BCUT2D eigenvalue weighted by Gasteiger charge is 2.12. The van der Waals surface area contributed by atoms with Crippen LogP contribution < -0.4 is 5.73 Å². The van der Waals surface area contributed by atoms with E-state index in [0.717, 1.165) is 16.4 Å². The fourth-order valence-corrected chi connectivity index (χ4v) is 2.23. The van der Waals surface area contributed by atoms with E-state index >= 15 is 0 Å². The zero-order valence-electron chi connectivity index (χ0n) is 8.43. The van der Waals surface area contributed by atoms with Crippen molar-refractivity contribution >= 4 is 28.3 Å². The normalized spacial score (nSPS) is 11.1. The van der Waals surface area contributed by atoms with Crippen LogP contribution in [0, 0.1) is 6.92 Å². The zero-order chi connectivity index (χ0) is 11.1. The molecule has 0 aliphatic carbocycles. The van der Waals surface area contributed by atoms with Crippen molar-refractivity contribution in [1.29, 1.82) is 0 Å². The van der Waals surface area contributed by atoms with Gasteiger partial charge in [-0.1, -0.05) is 0 Å². The molecule has 7 heteroatoms. The summed E-state index contributed by atoms with van der Waals surface area (Å²) in [5, 5.41) is 0. The van der Waals surface area contributed by atoms with Crippen LogP contribution in [0.3, 0.4) is 0 Å². The molecule has 16 heavy (non-hydrogen) atoms. The molecule has 0 saturated carbocycles. The smallest absolute Gasteiger partial charge is 0.183 e. The fourth-order valence-electron chi connectivity index (χ4n) is 1.48. The van der Waals surface area contributed by atoms with Crippen LogP contribution in [0.2, 0.25) is 0 Å². The van der Waals surface area contributed by atoms with Gasteiger partial charge in [-0.3, -0.25) is 0 Å². The number of nitrogens with two attached hydrogens (primary N) is 1. The minimum atomic E-state index is 0.408. The maximum Gasteiger partial charge on any atom is 0.183 e. The van der Waals surface area contributed by atoms with Gasteiger partial charge in [0.2, 0.25) is 0 Å². The summed E-state index contributed by atoms with van der Waals surface area (Å²) in [6.45, 7) is 1.94. The van der Waals surface area contributed by atoms with Crippen molar-refractivity contribution in [2.45, 2.75) is 6.92 Å². The second-order valence-electron chi connectivity index (χ2n) is 3.31. The summed E-state index contributed by atoms with van der Waals surface area (Å²) in [6, 6.07) is 0. The van der Waals surface area contributed by atoms with E-state index in [2.05, 4.69) is 24.9 Å². The third-order valence-corrected chi connectivity index (χ3v) is 3.21. The Balaban J connectivity index is 2.27. The Bertz CT molecular complexity index is 655. The van der Waals surface area contributed by atoms with Crippen LogP contribution in [0.15, 0.2) is 11.8 Å². The van der Waals surface area contributed by atoms with E-state index in [9.17, 15) is 0 Å². The Morgan fingerprint density at radius 3 is 2.88 bits per heavy atom. The number of aryl methyl sites for hydroxylation is 1. The topological polar surface area (TPSA) is 93.4 Å². The number of thiazole rings is 1. The molecule has 0 aliphatic heterocycles. The summed E-state index contributed by atoms with van der Waals surface area (Å²) in [5.41, 5.74) is 9.70. The van der Waals surface area contributed by atoms with Gasteiger partial charge in [-0.15, -0.1) is 11.3 Å². The van der Waals surface area contributed by atoms with E-state index in [1.807, 2.05) is 6.92 Å². The number of imidazole rings is 1. The summed E-state index contributed by atoms with van der Waals surface area (Å²) in [7, 11) is 0. The lowest BCUT2D eigenvalue weighted by molar-refractivity contribution is 1.21. The van der Waals surface area contributed by atoms with Crippen LogP contribution in [0.1, 0.15) is 5.69 Å². The number of rotatable bonds is 1. The van der Waals surface area contributed by atoms with Gasteiger partial charge in [0.15, 0.2) is 17.3 Å². The second-order valence-corrected chi connectivity index (χ2v) is 4.16. The third kappa shape index (κ3) is 1.25. The molecule has 80 valence electrons. The molecule has 3 rings (SSSR count). The molecule has 6 nitrogen and oxygen atoms in total. The van der Waals surface area contributed by atoms with Gasteiger partial charge >= 0.3 is 0 Å². The lowest BCUT2D eigenvalue weighted by Crippen LogP contribution is -1.91. The van der Waals surface area contributed by atoms with E-state index in [1.54, 1.807) is 5.51 Å². The lowest BCUT2D eigenvalue weighted by Gasteiger charge is -1.91. The van der Waals surface area contributed by atoms with Crippen molar-refractivity contribution in [2.24, 2.45) is 0 Å². The first-order chi connectivity index (χ1) is 7.75. The number of nitrogen functional groups attached to an aromatic ring is 1. The van der Waals surface area contributed by atoms with Gasteiger partial charge in [0.1, 0.15) is 11.8 Å². The maximum absolute atomic E-state index is 5.73. The summed E-state index contributed by atoms with van der Waals surface area (Å²) >= 11 is 1.53. The fraction of sp³-hybridized carbons (Fsp3) is 0.111. The van der Waals surface area contributed by atoms with E-state index in [1.165, 1.54) is 17.7 Å². The van der Waals surface area contributed by atoms with Gasteiger partial charge in [-0.2, -0.15) is 0 Å². The Morgan fingerprint density at radius 1 is 1.31 bits per heavy atom. The Morgan fingerprint density at radius 2 is 2.19 bits per heavy atom. The standard InChI is InChI=1S/C9H8N6S/c1-4-6(16-3-13-4)9-14-5-7(10)11-2-12-8(5)15-9/h2-3H,1H3,(H3,10,11,12,14,15). The van der Waals surface area contributed by atoms with Crippen molar-refractivity contribution in [1.82, 2.24) is 24.9 Å². The van der Waals surface area contributed by atoms with E-state index in [-0.39, 0.29) is 0 Å². The first-order valence-corrected chi connectivity index (χ1v) is 5.50. The minimum Gasteiger partial charge on any atom is -0.382 e. The van der Waals surface area contributed by atoms with Gasteiger partial charge in [0, 0.05) is 0 Å². The summed E-state index contributed by atoms with van der Waals surface area (Å²) < 4.78 is 0. The molecule has 0 atom stereocenters. The number of anilines is 1. The van der Waals surface area contributed by atoms with Crippen LogP contribution in [0.25, 0.3) is 21.9 Å². The molecule has 3 aromatic rings. The summed E-state index contributed by atoms with van der Waals surface area (Å²) in [4.78, 5) is 20.6. The summed E-state index contributed by atoms with van der Waals surface area (Å²) in [6.07, 6.45) is 1.40. The number of H-pyrrole nitrogens is 1. The number of aromatic nitrogens is 5. The number of aromatic amines is 1. The van der Waals surface area contributed by atoms with Gasteiger partial charge in [-0.05, 0) is 6.92 Å². The SMILES string of the molecule is Cc1ncsc1-c1nc2ncnc(N)c2[nH]1. The Labute approximate surface area is 94.6 Å². The molecule has 0 saturated heterocycles. The average Bonchev–Trinajstić information content (AvgIpc) is 2.84. The molecule has 0 spiro atoms. The average molecular weight is 232 g/mol. The molecule has 3 heterocycles. The molecule has 0 aliphatic rings. The molecular weight excluding hydrogens is 224 g/mol. The number of fused-ring (bicyclic) bond motifs is 1. The van der Waals surface area contributed by atoms with E-state index in [0.29, 0.717) is 17.0 Å². The summed E-state index contributed by atoms with van der Waals surface area (Å²) in [5.74, 6) is 1.15. The second kappa shape index (κ2) is 3.24. The molecule has 0 aromatic carbocycles. The van der Waals surface area contributed by atoms with Crippen LogP contribution in [0.4, 0.5) is 5.82 Å². The van der Waals surface area contributed by atoms with Gasteiger partial charge in [0.25, 0.3) is 0 Å². The monoisotopic (exact) mass is 232 g/mol. The highest BCUT2D eigenvalue weighted by Crippen LogP contribution is 2.26. The van der Waals surface area contributed by atoms with Crippen molar-refractivity contribution in [3.8, 4) is 10.7 Å². The first-order valence-electron chi connectivity index (χ1n) is 4.62. The van der Waals surface area contributed by atoms with Gasteiger partial charge in [0.05, 0.1) is 16.1 Å². The molecular formula is C9H8N6S. The quantitative estimate of drug-likeness (QED) is 0.660. The predicted octanol–water partition coefficient (Wildman–Crippen LogP) is 1.37. The number of hydrogen-bond donors (Lipinski definition) is 2. The number of nitrogens with one attached hydrogen (secondary N) is 1. The first kappa shape index (κ1) is 9.22. The van der Waals surface area contributed by atoms with Crippen molar-refractivity contribution < 1.29 is 0 Å². The molecule has 0 radical (unpaired) electrons. The van der Waals surface area contributed by atoms with E-state index < -0.39 is 0 Å². The molecule has 0 bridgehead atoms. The zero-order valence-corrected chi connectivity index (χ0v) is 9.25. The van der Waals surface area contributed by atoms with Crippen molar-refractivity contribution in [3.63, 3.8) is 0 Å². The molecule has 3 aromatic heterocycles. The van der Waals surface area contributed by atoms with Crippen molar-refractivity contribution in [2.75, 3.05) is 5.73 Å². The predicted molar refractivity (Wildman–Crippen MR) is 61.9 cm³/mol. The molecule has 0 unspecified atom stereocenters. The highest BCUT2D eigenvalue weighted by molar-refractivity contribution is 7.13. The van der Waals surface area contributed by atoms with Crippen LogP contribution in [-0.4, -0.2) is 24.9 Å². The van der Waals surface area contributed by atoms with Gasteiger partial charge < -0.3 is 10.7 Å². The van der Waals surface area contributed by atoms with Crippen molar-refractivity contribution in [3.05, 3.63) is 17.5 Å². The van der Waals surface area contributed by atoms with Crippen LogP contribution >= 0.6 is 11.3 Å². The Kier molecular flexibility index (Phi) is 1.87. The molecule has 0 fully saturated rings. The highest BCUT2D eigenvalue weighted by atomic mass is 32.1. The number of hydrogen-bond acceptors (Lipinski definition) is 6. The molecule has 0 amide bonds. The largest absolute Gasteiger partial charge is 0.382 e. The minimum absolute atomic E-state index is 0.408. The Hall–Kier alpha value is -2.02. The number of nitrogens with zero attached hydrogens (tertiary/aromatic N) is 4. The molecule has 3 N–H and O–H groups in total. The maximum atomic E-state index is 5.73. The third-order valence-electron chi connectivity index (χ3n) is 2.28. The van der Waals surface area contributed by atoms with Gasteiger partial charge in [-0.25, -0.2) is 19.9 Å². The van der Waals surface area contributed by atoms with Crippen LogP contribution in [-0.2, 0) is 0 Å².